The van der Waals surface area contributed by atoms with Crippen molar-refractivity contribution in [2.24, 2.45) is 0 Å². The van der Waals surface area contributed by atoms with Crippen LogP contribution in [0.2, 0.25) is 0 Å². The molecule has 1 aromatic rings. The molecular weight excluding hydrogens is 180 g/mol. The Morgan fingerprint density at radius 1 is 1.62 bits per heavy atom. The fourth-order valence-corrected chi connectivity index (χ4v) is 1.71. The summed E-state index contributed by atoms with van der Waals surface area (Å²) < 4.78 is 0. The molecule has 0 radical (unpaired) electrons. The predicted molar refractivity (Wildman–Crippen MR) is 55.6 cm³/mol. The second-order valence-electron chi connectivity index (χ2n) is 3.07. The lowest BCUT2D eigenvalue weighted by Crippen LogP contribution is -2.23. The maximum absolute atomic E-state index is 8.61. The molecule has 3 heteroatoms. The Bertz CT molecular complexity index is 298. The van der Waals surface area contributed by atoms with Gasteiger partial charge in [-0.2, -0.15) is 5.26 Å². The standard InChI is InChI=1S/C10H14N2S/c1-3-8(2)12-7-10-5-4-9(6-11)13-10/h4-5,8,12H,3,7H2,1-2H3. The Morgan fingerprint density at radius 2 is 2.38 bits per heavy atom. The molecule has 0 aliphatic heterocycles. The van der Waals surface area contributed by atoms with Gasteiger partial charge < -0.3 is 5.32 Å². The van der Waals surface area contributed by atoms with Crippen LogP contribution in [0.1, 0.15) is 30.0 Å². The average molecular weight is 194 g/mol. The molecule has 1 rings (SSSR count). The molecule has 0 saturated carbocycles. The number of thiophene rings is 1. The Morgan fingerprint density at radius 3 is 2.92 bits per heavy atom. The zero-order valence-electron chi connectivity index (χ0n) is 8.00. The average Bonchev–Trinajstić information content (AvgIpc) is 2.61. The number of hydrogen-bond acceptors (Lipinski definition) is 3. The molecule has 1 heterocycles. The third-order valence-corrected chi connectivity index (χ3v) is 3.00. The van der Waals surface area contributed by atoms with Crippen LogP contribution in [0, 0.1) is 11.3 Å². The summed E-state index contributed by atoms with van der Waals surface area (Å²) in [6.45, 7) is 5.20. The van der Waals surface area contributed by atoms with Gasteiger partial charge in [-0.1, -0.05) is 6.92 Å². The van der Waals surface area contributed by atoms with E-state index in [0.29, 0.717) is 6.04 Å². The molecular formula is C10H14N2S. The molecule has 0 amide bonds. The van der Waals surface area contributed by atoms with Gasteiger partial charge in [0.1, 0.15) is 10.9 Å². The lowest BCUT2D eigenvalue weighted by molar-refractivity contribution is 0.537. The third-order valence-electron chi connectivity index (χ3n) is 2.01. The Kier molecular flexibility index (Phi) is 3.94. The van der Waals surface area contributed by atoms with E-state index in [9.17, 15) is 0 Å². The summed E-state index contributed by atoms with van der Waals surface area (Å²) in [5.41, 5.74) is 0. The maximum Gasteiger partial charge on any atom is 0.110 e. The SMILES string of the molecule is CCC(C)NCc1ccc(C#N)s1. The van der Waals surface area contributed by atoms with E-state index in [4.69, 9.17) is 5.26 Å². The summed E-state index contributed by atoms with van der Waals surface area (Å²) in [6.07, 6.45) is 1.14. The molecule has 1 aromatic heterocycles. The number of hydrogen-bond donors (Lipinski definition) is 1. The van der Waals surface area contributed by atoms with Gasteiger partial charge >= 0.3 is 0 Å². The van der Waals surface area contributed by atoms with Gasteiger partial charge in [-0.15, -0.1) is 11.3 Å². The second-order valence-corrected chi connectivity index (χ2v) is 4.24. The Labute approximate surface area is 83.2 Å². The molecule has 1 atom stereocenters. The number of nitriles is 1. The zero-order valence-corrected chi connectivity index (χ0v) is 8.82. The van der Waals surface area contributed by atoms with Crippen LogP contribution >= 0.6 is 11.3 Å². The van der Waals surface area contributed by atoms with E-state index in [1.54, 1.807) is 11.3 Å². The molecule has 70 valence electrons. The molecule has 1 N–H and O–H groups in total. The Balaban J connectivity index is 2.42. The largest absolute Gasteiger partial charge is 0.309 e. The van der Waals surface area contributed by atoms with Crippen molar-refractivity contribution < 1.29 is 0 Å². The minimum absolute atomic E-state index is 0.549. The van der Waals surface area contributed by atoms with Crippen LogP contribution in [-0.4, -0.2) is 6.04 Å². The normalized spacial score (nSPS) is 12.4. The van der Waals surface area contributed by atoms with Crippen molar-refractivity contribution in [3.8, 4) is 6.07 Å². The first-order valence-corrected chi connectivity index (χ1v) is 5.30. The monoisotopic (exact) mass is 194 g/mol. The van der Waals surface area contributed by atoms with Crippen LogP contribution in [0.5, 0.6) is 0 Å². The van der Waals surface area contributed by atoms with Gasteiger partial charge in [-0.25, -0.2) is 0 Å². The lowest BCUT2D eigenvalue weighted by Gasteiger charge is -2.09. The molecule has 0 bridgehead atoms. The number of nitrogens with zero attached hydrogens (tertiary/aromatic N) is 1. The quantitative estimate of drug-likeness (QED) is 0.799. The molecule has 0 saturated heterocycles. The molecule has 0 fully saturated rings. The molecule has 0 aromatic carbocycles. The van der Waals surface area contributed by atoms with Crippen molar-refractivity contribution in [2.45, 2.75) is 32.9 Å². The minimum atomic E-state index is 0.549. The zero-order chi connectivity index (χ0) is 9.68. The van der Waals surface area contributed by atoms with Gasteiger partial charge in [0.2, 0.25) is 0 Å². The van der Waals surface area contributed by atoms with Gasteiger partial charge in [0, 0.05) is 17.5 Å². The highest BCUT2D eigenvalue weighted by Crippen LogP contribution is 2.14. The Hall–Kier alpha value is -0.850. The molecule has 2 nitrogen and oxygen atoms in total. The van der Waals surface area contributed by atoms with Crippen molar-refractivity contribution >= 4 is 11.3 Å². The topological polar surface area (TPSA) is 35.8 Å². The van der Waals surface area contributed by atoms with E-state index >= 15 is 0 Å². The van der Waals surface area contributed by atoms with Crippen LogP contribution in [0.4, 0.5) is 0 Å². The van der Waals surface area contributed by atoms with Crippen LogP contribution < -0.4 is 5.32 Å². The highest BCUT2D eigenvalue weighted by atomic mass is 32.1. The van der Waals surface area contributed by atoms with Crippen LogP contribution in [0.15, 0.2) is 12.1 Å². The predicted octanol–water partition coefficient (Wildman–Crippen LogP) is 2.51. The van der Waals surface area contributed by atoms with Crippen LogP contribution in [0.25, 0.3) is 0 Å². The fraction of sp³-hybridized carbons (Fsp3) is 0.500. The molecule has 0 spiro atoms. The summed E-state index contributed by atoms with van der Waals surface area (Å²) in [4.78, 5) is 2.03. The summed E-state index contributed by atoms with van der Waals surface area (Å²) >= 11 is 1.56. The summed E-state index contributed by atoms with van der Waals surface area (Å²) in [5.74, 6) is 0. The van der Waals surface area contributed by atoms with E-state index in [2.05, 4.69) is 25.2 Å². The highest BCUT2D eigenvalue weighted by Gasteiger charge is 2.01. The van der Waals surface area contributed by atoms with Crippen LogP contribution in [0.3, 0.4) is 0 Å². The number of rotatable bonds is 4. The maximum atomic E-state index is 8.61. The van der Waals surface area contributed by atoms with Crippen molar-refractivity contribution in [1.29, 1.82) is 5.26 Å². The number of nitrogens with one attached hydrogen (secondary N) is 1. The minimum Gasteiger partial charge on any atom is -0.309 e. The van der Waals surface area contributed by atoms with E-state index in [1.807, 2.05) is 12.1 Å². The molecule has 13 heavy (non-hydrogen) atoms. The first kappa shape index (κ1) is 10.2. The van der Waals surface area contributed by atoms with Gasteiger partial charge in [0.25, 0.3) is 0 Å². The first-order chi connectivity index (χ1) is 6.26. The van der Waals surface area contributed by atoms with Gasteiger partial charge in [0.15, 0.2) is 0 Å². The van der Waals surface area contributed by atoms with Gasteiger partial charge in [-0.3, -0.25) is 0 Å². The van der Waals surface area contributed by atoms with Crippen molar-refractivity contribution in [3.05, 3.63) is 21.9 Å². The first-order valence-electron chi connectivity index (χ1n) is 4.48. The van der Waals surface area contributed by atoms with E-state index in [1.165, 1.54) is 4.88 Å². The third kappa shape index (κ3) is 3.17. The summed E-state index contributed by atoms with van der Waals surface area (Å²) in [5, 5.41) is 12.0. The van der Waals surface area contributed by atoms with E-state index < -0.39 is 0 Å². The summed E-state index contributed by atoms with van der Waals surface area (Å²) in [6, 6.07) is 6.57. The second kappa shape index (κ2) is 5.00. The van der Waals surface area contributed by atoms with Crippen LogP contribution in [-0.2, 0) is 6.54 Å². The lowest BCUT2D eigenvalue weighted by atomic mass is 10.2. The smallest absolute Gasteiger partial charge is 0.110 e. The van der Waals surface area contributed by atoms with Crippen molar-refractivity contribution in [1.82, 2.24) is 5.32 Å². The van der Waals surface area contributed by atoms with Gasteiger partial charge in [-0.05, 0) is 25.5 Å². The summed E-state index contributed by atoms with van der Waals surface area (Å²) in [7, 11) is 0. The molecule has 0 aliphatic carbocycles. The van der Waals surface area contributed by atoms with E-state index in [0.717, 1.165) is 17.8 Å². The van der Waals surface area contributed by atoms with E-state index in [-0.39, 0.29) is 0 Å². The highest BCUT2D eigenvalue weighted by molar-refractivity contribution is 7.12. The van der Waals surface area contributed by atoms with Gasteiger partial charge in [0.05, 0.1) is 0 Å². The van der Waals surface area contributed by atoms with Crippen molar-refractivity contribution in [2.75, 3.05) is 0 Å². The molecule has 0 aliphatic rings. The van der Waals surface area contributed by atoms with Crippen molar-refractivity contribution in [3.63, 3.8) is 0 Å². The molecule has 1 unspecified atom stereocenters. The fourth-order valence-electron chi connectivity index (χ4n) is 0.952.